The molecule has 2 aromatic carbocycles. The van der Waals surface area contributed by atoms with E-state index in [4.69, 9.17) is 23.2 Å². The molecule has 0 unspecified atom stereocenters. The Morgan fingerprint density at radius 1 is 1.05 bits per heavy atom. The summed E-state index contributed by atoms with van der Waals surface area (Å²) in [7, 11) is 0. The Morgan fingerprint density at radius 3 is 2.25 bits per heavy atom. The predicted octanol–water partition coefficient (Wildman–Crippen LogP) is 4.70. The van der Waals surface area contributed by atoms with Crippen LogP contribution in [0.1, 0.15) is 12.0 Å². The molecule has 0 heterocycles. The summed E-state index contributed by atoms with van der Waals surface area (Å²) in [5.41, 5.74) is 1.31. The molecule has 0 saturated carbocycles. The number of hydrogen-bond acceptors (Lipinski definition) is 1. The largest absolute Gasteiger partial charge is 0.324 e. The highest BCUT2D eigenvalue weighted by Crippen LogP contribution is 2.29. The van der Waals surface area contributed by atoms with E-state index in [0.29, 0.717) is 22.2 Å². The average molecular weight is 312 g/mol. The Morgan fingerprint density at radius 2 is 1.65 bits per heavy atom. The maximum Gasteiger partial charge on any atom is 0.224 e. The lowest BCUT2D eigenvalue weighted by Gasteiger charge is -2.09. The Bertz CT molecular complexity index is 594. The third-order valence-corrected chi connectivity index (χ3v) is 3.41. The molecule has 0 bridgehead atoms. The van der Waals surface area contributed by atoms with E-state index < -0.39 is 0 Å². The van der Waals surface area contributed by atoms with Crippen LogP contribution in [0.3, 0.4) is 0 Å². The summed E-state index contributed by atoms with van der Waals surface area (Å²) < 4.78 is 12.8. The van der Waals surface area contributed by atoms with Crippen LogP contribution < -0.4 is 5.32 Å². The maximum absolute atomic E-state index is 12.8. The van der Waals surface area contributed by atoms with Crippen molar-refractivity contribution < 1.29 is 9.18 Å². The number of para-hydroxylation sites is 1. The van der Waals surface area contributed by atoms with Gasteiger partial charge >= 0.3 is 0 Å². The Hall–Kier alpha value is -1.58. The fourth-order valence-corrected chi connectivity index (χ4v) is 2.22. The monoisotopic (exact) mass is 311 g/mol. The van der Waals surface area contributed by atoms with Crippen LogP contribution in [0.2, 0.25) is 10.0 Å². The van der Waals surface area contributed by atoms with Gasteiger partial charge in [0.15, 0.2) is 0 Å². The number of rotatable bonds is 4. The minimum atomic E-state index is -0.291. The first kappa shape index (κ1) is 14.8. The summed E-state index contributed by atoms with van der Waals surface area (Å²) in [5, 5.41) is 3.48. The van der Waals surface area contributed by atoms with Gasteiger partial charge < -0.3 is 5.32 Å². The molecule has 1 N–H and O–H groups in total. The molecule has 20 heavy (non-hydrogen) atoms. The molecule has 0 aliphatic rings. The van der Waals surface area contributed by atoms with Gasteiger partial charge in [-0.1, -0.05) is 41.4 Å². The van der Waals surface area contributed by atoms with Crippen LogP contribution in [0.15, 0.2) is 42.5 Å². The van der Waals surface area contributed by atoms with Crippen molar-refractivity contribution >= 4 is 34.8 Å². The molecule has 0 saturated heterocycles. The average Bonchev–Trinajstić information content (AvgIpc) is 2.42. The first-order valence-electron chi connectivity index (χ1n) is 6.04. The topological polar surface area (TPSA) is 29.1 Å². The minimum absolute atomic E-state index is 0.190. The lowest BCUT2D eigenvalue weighted by atomic mass is 10.1. The Kier molecular flexibility index (Phi) is 4.99. The second-order valence-corrected chi connectivity index (χ2v) is 5.09. The van der Waals surface area contributed by atoms with Gasteiger partial charge in [0.2, 0.25) is 5.91 Å². The summed E-state index contributed by atoms with van der Waals surface area (Å²) in [6.07, 6.45) is 0.793. The molecule has 0 aromatic heterocycles. The molecule has 5 heteroatoms. The van der Waals surface area contributed by atoms with Crippen LogP contribution >= 0.6 is 23.2 Å². The molecule has 0 fully saturated rings. The fraction of sp³-hybridized carbons (Fsp3) is 0.133. The van der Waals surface area contributed by atoms with E-state index in [2.05, 4.69) is 5.32 Å². The van der Waals surface area contributed by atoms with Crippen molar-refractivity contribution in [1.82, 2.24) is 0 Å². The van der Waals surface area contributed by atoms with Crippen molar-refractivity contribution in [2.75, 3.05) is 5.32 Å². The number of carbonyl (C=O) groups excluding carboxylic acids is 1. The van der Waals surface area contributed by atoms with Gasteiger partial charge in [0, 0.05) is 6.42 Å². The third-order valence-electron chi connectivity index (χ3n) is 2.78. The summed E-state index contributed by atoms with van der Waals surface area (Å²) in [5.74, 6) is -0.481. The summed E-state index contributed by atoms with van der Waals surface area (Å²) >= 11 is 11.9. The van der Waals surface area contributed by atoms with Crippen LogP contribution in [0.4, 0.5) is 10.1 Å². The summed E-state index contributed by atoms with van der Waals surface area (Å²) in [6, 6.07) is 11.1. The molecule has 2 aromatic rings. The van der Waals surface area contributed by atoms with Crippen molar-refractivity contribution in [3.8, 4) is 0 Å². The van der Waals surface area contributed by atoms with Crippen molar-refractivity contribution in [3.05, 3.63) is 63.9 Å². The van der Waals surface area contributed by atoms with Gasteiger partial charge in [0.25, 0.3) is 0 Å². The Labute approximate surface area is 126 Å². The van der Waals surface area contributed by atoms with Crippen LogP contribution in [-0.4, -0.2) is 5.91 Å². The number of amides is 1. The summed E-state index contributed by atoms with van der Waals surface area (Å²) in [6.45, 7) is 0. The van der Waals surface area contributed by atoms with Crippen molar-refractivity contribution in [2.24, 2.45) is 0 Å². The number of carbonyl (C=O) groups is 1. The van der Waals surface area contributed by atoms with E-state index in [1.807, 2.05) is 0 Å². The number of aryl methyl sites for hydroxylation is 1. The number of benzene rings is 2. The van der Waals surface area contributed by atoms with E-state index in [-0.39, 0.29) is 18.1 Å². The van der Waals surface area contributed by atoms with Crippen LogP contribution in [-0.2, 0) is 11.2 Å². The molecule has 2 nitrogen and oxygen atoms in total. The Balaban J connectivity index is 1.94. The molecule has 0 aliphatic heterocycles. The number of hydrogen-bond donors (Lipinski definition) is 1. The van der Waals surface area contributed by atoms with Gasteiger partial charge in [-0.05, 0) is 36.2 Å². The molecule has 0 spiro atoms. The van der Waals surface area contributed by atoms with E-state index in [1.54, 1.807) is 30.3 Å². The number of nitrogens with one attached hydrogen (secondary N) is 1. The van der Waals surface area contributed by atoms with E-state index in [0.717, 1.165) is 5.56 Å². The van der Waals surface area contributed by atoms with Crippen LogP contribution in [0.25, 0.3) is 0 Å². The lowest BCUT2D eigenvalue weighted by molar-refractivity contribution is -0.116. The third kappa shape index (κ3) is 3.95. The van der Waals surface area contributed by atoms with Crippen molar-refractivity contribution in [2.45, 2.75) is 12.8 Å². The predicted molar refractivity (Wildman–Crippen MR) is 79.8 cm³/mol. The fourth-order valence-electron chi connectivity index (χ4n) is 1.73. The number of anilines is 1. The molecule has 104 valence electrons. The van der Waals surface area contributed by atoms with Gasteiger partial charge in [-0.3, -0.25) is 4.79 Å². The van der Waals surface area contributed by atoms with Crippen molar-refractivity contribution in [1.29, 1.82) is 0 Å². The highest BCUT2D eigenvalue weighted by molar-refractivity contribution is 6.39. The normalized spacial score (nSPS) is 10.3. The molecular weight excluding hydrogens is 300 g/mol. The van der Waals surface area contributed by atoms with Crippen molar-refractivity contribution in [3.63, 3.8) is 0 Å². The van der Waals surface area contributed by atoms with Gasteiger partial charge in [0.1, 0.15) is 5.82 Å². The summed E-state index contributed by atoms with van der Waals surface area (Å²) in [4.78, 5) is 11.9. The van der Waals surface area contributed by atoms with Gasteiger partial charge in [-0.2, -0.15) is 0 Å². The van der Waals surface area contributed by atoms with Gasteiger partial charge in [-0.15, -0.1) is 0 Å². The van der Waals surface area contributed by atoms with Crippen LogP contribution in [0, 0.1) is 5.82 Å². The number of halogens is 3. The zero-order chi connectivity index (χ0) is 14.5. The quantitative estimate of drug-likeness (QED) is 0.871. The van der Waals surface area contributed by atoms with E-state index in [1.165, 1.54) is 12.1 Å². The minimum Gasteiger partial charge on any atom is -0.324 e. The van der Waals surface area contributed by atoms with Gasteiger partial charge in [-0.25, -0.2) is 4.39 Å². The second-order valence-electron chi connectivity index (χ2n) is 4.27. The molecular formula is C15H12Cl2FNO. The highest BCUT2D eigenvalue weighted by Gasteiger charge is 2.09. The first-order chi connectivity index (χ1) is 9.56. The maximum atomic E-state index is 12.8. The van der Waals surface area contributed by atoms with Crippen LogP contribution in [0.5, 0.6) is 0 Å². The second kappa shape index (κ2) is 6.73. The molecule has 0 atom stereocenters. The van der Waals surface area contributed by atoms with E-state index >= 15 is 0 Å². The van der Waals surface area contributed by atoms with Gasteiger partial charge in [0.05, 0.1) is 15.7 Å². The zero-order valence-electron chi connectivity index (χ0n) is 10.5. The zero-order valence-corrected chi connectivity index (χ0v) is 12.0. The molecule has 2 rings (SSSR count). The lowest BCUT2D eigenvalue weighted by Crippen LogP contribution is -2.13. The van der Waals surface area contributed by atoms with E-state index in [9.17, 15) is 9.18 Å². The highest BCUT2D eigenvalue weighted by atomic mass is 35.5. The standard InChI is InChI=1S/C15H12Cl2FNO/c16-12-2-1-3-13(17)15(12)19-14(20)9-6-10-4-7-11(18)8-5-10/h1-5,7-8H,6,9H2,(H,19,20). The SMILES string of the molecule is O=C(CCc1ccc(F)cc1)Nc1c(Cl)cccc1Cl. The molecule has 1 amide bonds. The molecule has 0 aliphatic carbocycles. The molecule has 0 radical (unpaired) electrons. The first-order valence-corrected chi connectivity index (χ1v) is 6.80. The smallest absolute Gasteiger partial charge is 0.224 e.